The molecule has 0 aliphatic heterocycles. The SMILES string of the molecule is CC(C)CNCc1ncoc1C1(C)CCCCC1. The Bertz CT molecular complexity index is 364. The Kier molecular flexibility index (Phi) is 4.44. The third kappa shape index (κ3) is 3.14. The third-order valence-electron chi connectivity index (χ3n) is 3.99. The van der Waals surface area contributed by atoms with Crippen molar-refractivity contribution < 1.29 is 4.42 Å². The first-order chi connectivity index (χ1) is 8.62. The second-order valence-electron chi connectivity index (χ2n) is 6.27. The predicted octanol–water partition coefficient (Wildman–Crippen LogP) is 3.64. The van der Waals surface area contributed by atoms with Crippen LogP contribution in [0.25, 0.3) is 0 Å². The molecule has 0 unspecified atom stereocenters. The van der Waals surface area contributed by atoms with Gasteiger partial charge in [-0.15, -0.1) is 0 Å². The minimum atomic E-state index is 0.212. The van der Waals surface area contributed by atoms with Gasteiger partial charge >= 0.3 is 0 Å². The lowest BCUT2D eigenvalue weighted by Crippen LogP contribution is -2.27. The Balaban J connectivity index is 2.02. The van der Waals surface area contributed by atoms with Crippen molar-refractivity contribution in [3.63, 3.8) is 0 Å². The van der Waals surface area contributed by atoms with Crippen molar-refractivity contribution in [1.82, 2.24) is 10.3 Å². The maximum Gasteiger partial charge on any atom is 0.181 e. The summed E-state index contributed by atoms with van der Waals surface area (Å²) in [6.07, 6.45) is 8.08. The molecule has 1 heterocycles. The van der Waals surface area contributed by atoms with Crippen LogP contribution < -0.4 is 5.32 Å². The summed E-state index contributed by atoms with van der Waals surface area (Å²) in [6.45, 7) is 8.64. The van der Waals surface area contributed by atoms with Crippen molar-refractivity contribution in [3.05, 3.63) is 17.8 Å². The number of rotatable bonds is 5. The van der Waals surface area contributed by atoms with Crippen molar-refractivity contribution in [1.29, 1.82) is 0 Å². The van der Waals surface area contributed by atoms with Crippen molar-refractivity contribution >= 4 is 0 Å². The van der Waals surface area contributed by atoms with E-state index in [2.05, 4.69) is 31.1 Å². The van der Waals surface area contributed by atoms with E-state index in [0.717, 1.165) is 24.5 Å². The summed E-state index contributed by atoms with van der Waals surface area (Å²) in [5, 5.41) is 3.46. The van der Waals surface area contributed by atoms with Gasteiger partial charge in [-0.25, -0.2) is 4.98 Å². The highest BCUT2D eigenvalue weighted by Crippen LogP contribution is 2.40. The normalized spacial score (nSPS) is 19.3. The van der Waals surface area contributed by atoms with E-state index in [4.69, 9.17) is 4.42 Å². The zero-order valence-electron chi connectivity index (χ0n) is 12.0. The quantitative estimate of drug-likeness (QED) is 0.867. The minimum Gasteiger partial charge on any atom is -0.448 e. The van der Waals surface area contributed by atoms with Gasteiger partial charge in [-0.3, -0.25) is 0 Å². The fraction of sp³-hybridized carbons (Fsp3) is 0.800. The van der Waals surface area contributed by atoms with E-state index in [0.29, 0.717) is 5.92 Å². The molecule has 102 valence electrons. The number of nitrogens with zero attached hydrogens (tertiary/aromatic N) is 1. The standard InChI is InChI=1S/C15H26N2O/c1-12(2)9-16-10-13-14(18-11-17-13)15(3)7-5-4-6-8-15/h11-12,16H,4-10H2,1-3H3. The summed E-state index contributed by atoms with van der Waals surface area (Å²) in [7, 11) is 0. The van der Waals surface area contributed by atoms with Gasteiger partial charge in [0.25, 0.3) is 0 Å². The Morgan fingerprint density at radius 3 is 2.72 bits per heavy atom. The molecule has 1 N–H and O–H groups in total. The van der Waals surface area contributed by atoms with Gasteiger partial charge in [0.1, 0.15) is 5.76 Å². The molecule has 2 rings (SSSR count). The molecule has 1 aliphatic carbocycles. The zero-order valence-corrected chi connectivity index (χ0v) is 12.0. The largest absolute Gasteiger partial charge is 0.448 e. The number of hydrogen-bond acceptors (Lipinski definition) is 3. The van der Waals surface area contributed by atoms with Gasteiger partial charge < -0.3 is 9.73 Å². The maximum atomic E-state index is 5.71. The van der Waals surface area contributed by atoms with Crippen LogP contribution in [0.1, 0.15) is 64.3 Å². The summed E-state index contributed by atoms with van der Waals surface area (Å²) in [5.41, 5.74) is 1.32. The van der Waals surface area contributed by atoms with Crippen molar-refractivity contribution in [2.24, 2.45) is 5.92 Å². The van der Waals surface area contributed by atoms with Crippen LogP contribution in [-0.4, -0.2) is 11.5 Å². The molecule has 1 aromatic rings. The fourth-order valence-electron chi connectivity index (χ4n) is 2.92. The van der Waals surface area contributed by atoms with E-state index in [-0.39, 0.29) is 5.41 Å². The van der Waals surface area contributed by atoms with Gasteiger partial charge in [0.15, 0.2) is 6.39 Å². The molecule has 0 saturated heterocycles. The Labute approximate surface area is 110 Å². The van der Waals surface area contributed by atoms with Gasteiger partial charge in [0, 0.05) is 12.0 Å². The number of nitrogens with one attached hydrogen (secondary N) is 1. The van der Waals surface area contributed by atoms with E-state index in [1.54, 1.807) is 6.39 Å². The van der Waals surface area contributed by atoms with E-state index >= 15 is 0 Å². The summed E-state index contributed by atoms with van der Waals surface area (Å²) in [4.78, 5) is 4.40. The molecule has 0 amide bonds. The van der Waals surface area contributed by atoms with E-state index in [1.165, 1.54) is 32.1 Å². The molecule has 0 atom stereocenters. The van der Waals surface area contributed by atoms with Crippen molar-refractivity contribution in [2.75, 3.05) is 6.54 Å². The Morgan fingerprint density at radius 1 is 1.33 bits per heavy atom. The van der Waals surface area contributed by atoms with Crippen LogP contribution >= 0.6 is 0 Å². The van der Waals surface area contributed by atoms with Gasteiger partial charge in [0.05, 0.1) is 5.69 Å². The van der Waals surface area contributed by atoms with Gasteiger partial charge in [0.2, 0.25) is 0 Å². The molecular weight excluding hydrogens is 224 g/mol. The highest BCUT2D eigenvalue weighted by atomic mass is 16.3. The first-order valence-electron chi connectivity index (χ1n) is 7.25. The van der Waals surface area contributed by atoms with Crippen LogP contribution in [0, 0.1) is 5.92 Å². The van der Waals surface area contributed by atoms with Crippen molar-refractivity contribution in [2.45, 2.75) is 64.8 Å². The lowest BCUT2D eigenvalue weighted by Gasteiger charge is -2.32. The molecule has 0 radical (unpaired) electrons. The molecule has 1 saturated carbocycles. The molecule has 3 heteroatoms. The van der Waals surface area contributed by atoms with Crippen LogP contribution in [0.4, 0.5) is 0 Å². The molecule has 1 fully saturated rings. The topological polar surface area (TPSA) is 38.1 Å². The summed E-state index contributed by atoms with van der Waals surface area (Å²) in [5.74, 6) is 1.80. The summed E-state index contributed by atoms with van der Waals surface area (Å²) in [6, 6.07) is 0. The maximum absolute atomic E-state index is 5.71. The Hall–Kier alpha value is -0.830. The number of aromatic nitrogens is 1. The third-order valence-corrected chi connectivity index (χ3v) is 3.99. The minimum absolute atomic E-state index is 0.212. The molecule has 0 bridgehead atoms. The Morgan fingerprint density at radius 2 is 2.06 bits per heavy atom. The van der Waals surface area contributed by atoms with Gasteiger partial charge in [-0.2, -0.15) is 0 Å². The van der Waals surface area contributed by atoms with Crippen LogP contribution in [0.15, 0.2) is 10.8 Å². The first-order valence-corrected chi connectivity index (χ1v) is 7.25. The molecular formula is C15H26N2O. The first kappa shape index (κ1) is 13.6. The monoisotopic (exact) mass is 250 g/mol. The highest BCUT2D eigenvalue weighted by molar-refractivity contribution is 5.19. The molecule has 0 aromatic carbocycles. The molecule has 1 aromatic heterocycles. The molecule has 18 heavy (non-hydrogen) atoms. The number of oxazole rings is 1. The van der Waals surface area contributed by atoms with Crippen LogP contribution in [0.2, 0.25) is 0 Å². The van der Waals surface area contributed by atoms with E-state index in [1.807, 2.05) is 0 Å². The lowest BCUT2D eigenvalue weighted by atomic mass is 9.73. The summed E-state index contributed by atoms with van der Waals surface area (Å²) < 4.78 is 5.71. The lowest BCUT2D eigenvalue weighted by molar-refractivity contribution is 0.264. The second kappa shape index (κ2) is 5.87. The zero-order chi connectivity index (χ0) is 13.0. The highest BCUT2D eigenvalue weighted by Gasteiger charge is 2.34. The average Bonchev–Trinajstić information content (AvgIpc) is 2.78. The van der Waals surface area contributed by atoms with Gasteiger partial charge in [-0.1, -0.05) is 40.0 Å². The van der Waals surface area contributed by atoms with Gasteiger partial charge in [-0.05, 0) is 25.3 Å². The fourth-order valence-corrected chi connectivity index (χ4v) is 2.92. The molecule has 1 aliphatic rings. The van der Waals surface area contributed by atoms with Crippen LogP contribution in [0.5, 0.6) is 0 Å². The van der Waals surface area contributed by atoms with Crippen LogP contribution in [-0.2, 0) is 12.0 Å². The average molecular weight is 250 g/mol. The van der Waals surface area contributed by atoms with Crippen LogP contribution in [0.3, 0.4) is 0 Å². The second-order valence-corrected chi connectivity index (χ2v) is 6.27. The van der Waals surface area contributed by atoms with Crippen molar-refractivity contribution in [3.8, 4) is 0 Å². The predicted molar refractivity (Wildman–Crippen MR) is 73.5 cm³/mol. The van der Waals surface area contributed by atoms with E-state index in [9.17, 15) is 0 Å². The number of hydrogen-bond donors (Lipinski definition) is 1. The molecule has 3 nitrogen and oxygen atoms in total. The summed E-state index contributed by atoms with van der Waals surface area (Å²) >= 11 is 0. The smallest absolute Gasteiger partial charge is 0.181 e. The molecule has 0 spiro atoms. The van der Waals surface area contributed by atoms with E-state index < -0.39 is 0 Å².